The molecule has 0 amide bonds. The number of thiophene rings is 1. The molecule has 0 fully saturated rings. The zero-order valence-electron chi connectivity index (χ0n) is 10.3. The van der Waals surface area contributed by atoms with Gasteiger partial charge in [-0.15, -0.1) is 11.3 Å². The largest absolute Gasteiger partial charge is 0.507 e. The molecule has 0 saturated carbocycles. The summed E-state index contributed by atoms with van der Waals surface area (Å²) in [5.41, 5.74) is -0.284. The first-order valence-corrected chi connectivity index (χ1v) is 6.23. The van der Waals surface area contributed by atoms with Crippen LogP contribution in [0, 0.1) is 0 Å². The van der Waals surface area contributed by atoms with Gasteiger partial charge in [0, 0.05) is 12.1 Å². The Kier molecular flexibility index (Phi) is 3.13. The van der Waals surface area contributed by atoms with Crippen molar-refractivity contribution < 1.29 is 14.6 Å². The first-order valence-electron chi connectivity index (χ1n) is 5.42. The van der Waals surface area contributed by atoms with Crippen LogP contribution in [0.5, 0.6) is 5.75 Å². The summed E-state index contributed by atoms with van der Waals surface area (Å²) in [6.45, 7) is 3.74. The number of aromatic nitrogens is 1. The highest BCUT2D eigenvalue weighted by Crippen LogP contribution is 2.32. The van der Waals surface area contributed by atoms with Gasteiger partial charge < -0.3 is 9.84 Å². The van der Waals surface area contributed by atoms with Crippen molar-refractivity contribution in [2.75, 3.05) is 7.11 Å². The smallest absolute Gasteiger partial charge is 0.348 e. The minimum Gasteiger partial charge on any atom is -0.507 e. The van der Waals surface area contributed by atoms with Crippen LogP contribution in [-0.4, -0.2) is 22.8 Å². The molecule has 5 nitrogen and oxygen atoms in total. The highest BCUT2D eigenvalue weighted by atomic mass is 32.1. The number of hydrogen-bond donors (Lipinski definition) is 1. The zero-order chi connectivity index (χ0) is 13.4. The van der Waals surface area contributed by atoms with Crippen LogP contribution in [0.1, 0.15) is 29.6 Å². The number of carbonyl (C=O) groups excluding carboxylic acids is 1. The van der Waals surface area contributed by atoms with E-state index in [1.165, 1.54) is 7.11 Å². The molecule has 0 radical (unpaired) electrons. The topological polar surface area (TPSA) is 68.5 Å². The number of carbonyl (C=O) groups is 1. The highest BCUT2D eigenvalue weighted by Gasteiger charge is 2.17. The molecule has 96 valence electrons. The Morgan fingerprint density at radius 1 is 1.44 bits per heavy atom. The lowest BCUT2D eigenvalue weighted by atomic mass is 10.2. The van der Waals surface area contributed by atoms with Gasteiger partial charge in [-0.2, -0.15) is 0 Å². The molecule has 0 saturated heterocycles. The van der Waals surface area contributed by atoms with Crippen LogP contribution in [0.2, 0.25) is 0 Å². The standard InChI is InChI=1S/C12H13NO4S/c1-6(2)13-10(15)5-8(14)7-4-9(12(16)17-3)18-11(7)13/h4-6,14H,1-3H3. The van der Waals surface area contributed by atoms with E-state index < -0.39 is 5.97 Å². The molecule has 2 heterocycles. The molecule has 0 unspecified atom stereocenters. The van der Waals surface area contributed by atoms with E-state index in [4.69, 9.17) is 0 Å². The fourth-order valence-electron chi connectivity index (χ4n) is 1.80. The van der Waals surface area contributed by atoms with Gasteiger partial charge >= 0.3 is 5.97 Å². The predicted molar refractivity (Wildman–Crippen MR) is 69.5 cm³/mol. The Bertz CT molecular complexity index is 669. The molecular weight excluding hydrogens is 254 g/mol. The average molecular weight is 267 g/mol. The molecule has 2 rings (SSSR count). The van der Waals surface area contributed by atoms with E-state index in [1.807, 2.05) is 13.8 Å². The van der Waals surface area contributed by atoms with Crippen LogP contribution in [0.4, 0.5) is 0 Å². The third kappa shape index (κ3) is 1.88. The molecule has 0 aliphatic rings. The Hall–Kier alpha value is -1.82. The number of methoxy groups -OCH3 is 1. The molecule has 1 N–H and O–H groups in total. The summed E-state index contributed by atoms with van der Waals surface area (Å²) >= 11 is 1.14. The molecule has 2 aromatic rings. The Morgan fingerprint density at radius 2 is 2.11 bits per heavy atom. The minimum absolute atomic E-state index is 0.0512. The van der Waals surface area contributed by atoms with Gasteiger partial charge in [-0.25, -0.2) is 4.79 Å². The van der Waals surface area contributed by atoms with Gasteiger partial charge in [-0.3, -0.25) is 9.36 Å². The number of nitrogens with zero attached hydrogens (tertiary/aromatic N) is 1. The third-order valence-electron chi connectivity index (χ3n) is 2.61. The monoisotopic (exact) mass is 267 g/mol. The van der Waals surface area contributed by atoms with Crippen molar-refractivity contribution >= 4 is 27.5 Å². The minimum atomic E-state index is -0.474. The summed E-state index contributed by atoms with van der Waals surface area (Å²) in [5, 5.41) is 10.3. The normalized spacial score (nSPS) is 11.1. The molecule has 0 aliphatic heterocycles. The molecule has 6 heteroatoms. The Balaban J connectivity index is 2.82. The summed E-state index contributed by atoms with van der Waals surface area (Å²) in [4.78, 5) is 24.3. The van der Waals surface area contributed by atoms with Crippen LogP contribution >= 0.6 is 11.3 Å². The van der Waals surface area contributed by atoms with E-state index in [9.17, 15) is 14.7 Å². The SMILES string of the molecule is COC(=O)c1cc2c(O)cc(=O)n(C(C)C)c2s1. The number of hydrogen-bond acceptors (Lipinski definition) is 5. The van der Waals surface area contributed by atoms with Crippen LogP contribution in [0.15, 0.2) is 16.9 Å². The fourth-order valence-corrected chi connectivity index (χ4v) is 3.02. The number of ether oxygens (including phenoxy) is 1. The molecule has 0 aromatic carbocycles. The van der Waals surface area contributed by atoms with Crippen LogP contribution < -0.4 is 5.56 Å². The van der Waals surface area contributed by atoms with Crippen molar-refractivity contribution in [1.82, 2.24) is 4.57 Å². The van der Waals surface area contributed by atoms with E-state index >= 15 is 0 Å². The van der Waals surface area contributed by atoms with Crippen LogP contribution in [-0.2, 0) is 4.74 Å². The second kappa shape index (κ2) is 4.45. The van der Waals surface area contributed by atoms with Gasteiger partial charge in [-0.05, 0) is 19.9 Å². The lowest BCUT2D eigenvalue weighted by Crippen LogP contribution is -2.20. The zero-order valence-corrected chi connectivity index (χ0v) is 11.1. The van der Waals surface area contributed by atoms with Gasteiger partial charge in [0.25, 0.3) is 5.56 Å². The summed E-state index contributed by atoms with van der Waals surface area (Å²) in [7, 11) is 1.29. The quantitative estimate of drug-likeness (QED) is 0.846. The van der Waals surface area contributed by atoms with Gasteiger partial charge in [0.2, 0.25) is 0 Å². The molecule has 18 heavy (non-hydrogen) atoms. The maximum absolute atomic E-state index is 11.8. The number of pyridine rings is 1. The van der Waals surface area contributed by atoms with Gasteiger partial charge in [0.15, 0.2) is 0 Å². The van der Waals surface area contributed by atoms with E-state index in [0.717, 1.165) is 17.4 Å². The maximum Gasteiger partial charge on any atom is 0.348 e. The van der Waals surface area contributed by atoms with E-state index in [-0.39, 0.29) is 17.4 Å². The summed E-state index contributed by atoms with van der Waals surface area (Å²) < 4.78 is 6.19. The highest BCUT2D eigenvalue weighted by molar-refractivity contribution is 7.20. The van der Waals surface area contributed by atoms with Crippen LogP contribution in [0.25, 0.3) is 10.2 Å². The molecular formula is C12H13NO4S. The molecule has 2 aromatic heterocycles. The Morgan fingerprint density at radius 3 is 2.67 bits per heavy atom. The van der Waals surface area contributed by atoms with Gasteiger partial charge in [0.05, 0.1) is 12.5 Å². The maximum atomic E-state index is 11.8. The first kappa shape index (κ1) is 12.6. The van der Waals surface area contributed by atoms with Crippen molar-refractivity contribution in [1.29, 1.82) is 0 Å². The van der Waals surface area contributed by atoms with Gasteiger partial charge in [0.1, 0.15) is 15.5 Å². The summed E-state index contributed by atoms with van der Waals surface area (Å²) in [6, 6.07) is 2.65. The molecule has 0 spiro atoms. The van der Waals surface area contributed by atoms with Crippen molar-refractivity contribution in [3.63, 3.8) is 0 Å². The lowest BCUT2D eigenvalue weighted by molar-refractivity contribution is 0.0606. The van der Waals surface area contributed by atoms with Crippen LogP contribution in [0.3, 0.4) is 0 Å². The number of rotatable bonds is 2. The van der Waals surface area contributed by atoms with E-state index in [2.05, 4.69) is 4.74 Å². The summed E-state index contributed by atoms with van der Waals surface area (Å²) in [6.07, 6.45) is 0. The van der Waals surface area contributed by atoms with Crippen molar-refractivity contribution in [2.45, 2.75) is 19.9 Å². The molecule has 0 bridgehead atoms. The van der Waals surface area contributed by atoms with Crippen molar-refractivity contribution in [3.05, 3.63) is 27.4 Å². The second-order valence-corrected chi connectivity index (χ2v) is 5.18. The second-order valence-electron chi connectivity index (χ2n) is 4.15. The lowest BCUT2D eigenvalue weighted by Gasteiger charge is -2.11. The fraction of sp³-hybridized carbons (Fsp3) is 0.333. The van der Waals surface area contributed by atoms with E-state index in [0.29, 0.717) is 15.1 Å². The van der Waals surface area contributed by atoms with Crippen molar-refractivity contribution in [3.8, 4) is 5.75 Å². The number of aromatic hydroxyl groups is 1. The molecule has 0 aliphatic carbocycles. The Labute approximate surface area is 107 Å². The first-order chi connectivity index (χ1) is 8.45. The van der Waals surface area contributed by atoms with Gasteiger partial charge in [-0.1, -0.05) is 0 Å². The van der Waals surface area contributed by atoms with Crippen molar-refractivity contribution in [2.24, 2.45) is 0 Å². The number of fused-ring (bicyclic) bond motifs is 1. The van der Waals surface area contributed by atoms with E-state index in [1.54, 1.807) is 10.6 Å². The summed E-state index contributed by atoms with van der Waals surface area (Å²) in [5.74, 6) is -0.586. The third-order valence-corrected chi connectivity index (χ3v) is 3.72. The number of esters is 1. The predicted octanol–water partition coefficient (Wildman–Crippen LogP) is 2.14. The molecule has 0 atom stereocenters. The average Bonchev–Trinajstić information content (AvgIpc) is 2.72.